The quantitative estimate of drug-likeness (QED) is 0.00272. The van der Waals surface area contributed by atoms with Crippen LogP contribution in [0.3, 0.4) is 0 Å². The van der Waals surface area contributed by atoms with E-state index in [1.807, 2.05) is 62.2 Å². The van der Waals surface area contributed by atoms with E-state index < -0.39 is 111 Å². The molecule has 6 aromatic rings. The van der Waals surface area contributed by atoms with Crippen LogP contribution in [0.15, 0.2) is 88.8 Å². The molecule has 31 nitrogen and oxygen atoms in total. The van der Waals surface area contributed by atoms with Crippen LogP contribution < -0.4 is 37.3 Å². The van der Waals surface area contributed by atoms with Crippen LogP contribution in [0.2, 0.25) is 0 Å². The third kappa shape index (κ3) is 18.8. The second-order valence-electron chi connectivity index (χ2n) is 33.4. The molecule has 652 valence electrons. The Hall–Kier alpha value is -9.64. The summed E-state index contributed by atoms with van der Waals surface area (Å²) in [4.78, 5) is 167. The predicted molar refractivity (Wildman–Crippen MR) is 458 cm³/mol. The molecule has 1 unspecified atom stereocenters. The number of nitrogens with two attached hydrogens (primary N) is 2. The van der Waals surface area contributed by atoms with E-state index in [1.165, 1.54) is 42.7 Å². The second kappa shape index (κ2) is 38.8. The number of aromatic nitrogens is 5. The van der Waals surface area contributed by atoms with Crippen LogP contribution in [0.4, 0.5) is 10.5 Å². The zero-order valence-electron chi connectivity index (χ0n) is 70.5. The third-order valence-corrected chi connectivity index (χ3v) is 28.4. The minimum absolute atomic E-state index is 0.00641. The Morgan fingerprint density at radius 2 is 1.55 bits per heavy atom. The molecule has 5 aliphatic heterocycles. The Morgan fingerprint density at radius 3 is 2.28 bits per heavy atom. The summed E-state index contributed by atoms with van der Waals surface area (Å²) < 4.78 is 28.3. The number of rotatable bonds is 39. The average molecular weight is 1710 g/mol. The number of piperidine rings is 1. The molecule has 1 spiro atoms. The number of methoxy groups -OCH3 is 3. The van der Waals surface area contributed by atoms with Crippen LogP contribution in [-0.2, 0) is 82.6 Å². The molecule has 6 aliphatic rings. The Balaban J connectivity index is 0.598. The number of esters is 2. The van der Waals surface area contributed by atoms with Crippen LogP contribution in [-0.4, -0.2) is 243 Å². The van der Waals surface area contributed by atoms with Gasteiger partial charge in [-0.3, -0.25) is 57.9 Å². The number of anilines is 1. The first kappa shape index (κ1) is 90.6. The van der Waals surface area contributed by atoms with Crippen LogP contribution in [0.1, 0.15) is 174 Å². The number of nitrogens with zero attached hydrogens (tertiary/aromatic N) is 7. The van der Waals surface area contributed by atoms with E-state index in [0.717, 1.165) is 27.6 Å². The van der Waals surface area contributed by atoms with Crippen molar-refractivity contribution in [2.45, 2.75) is 202 Å². The monoisotopic (exact) mass is 1710 g/mol. The van der Waals surface area contributed by atoms with Gasteiger partial charge < -0.3 is 76.0 Å². The third-order valence-electron chi connectivity index (χ3n) is 25.9. The number of hydrogen-bond acceptors (Lipinski definition) is 27. The van der Waals surface area contributed by atoms with Crippen molar-refractivity contribution < 1.29 is 82.2 Å². The van der Waals surface area contributed by atoms with E-state index in [4.69, 9.17) is 35.2 Å². The van der Waals surface area contributed by atoms with E-state index in [2.05, 4.69) is 62.5 Å². The summed E-state index contributed by atoms with van der Waals surface area (Å²) in [6.07, 6.45) is 6.76. The molecule has 2 saturated heterocycles. The molecule has 2 amide bonds. The zero-order valence-corrected chi connectivity index (χ0v) is 72.1. The highest BCUT2D eigenvalue weighted by Crippen LogP contribution is 2.68. The normalized spacial score (nSPS) is 24.9. The number of aliphatic hydroxyl groups is 3. The number of aliphatic hydroxyl groups excluding tert-OH is 1. The zero-order chi connectivity index (χ0) is 86.9. The average Bonchev–Trinajstić information content (AvgIpc) is 1.49. The Morgan fingerprint density at radius 1 is 0.793 bits per heavy atom. The highest BCUT2D eigenvalue weighted by Gasteiger charge is 2.78. The van der Waals surface area contributed by atoms with Crippen LogP contribution in [0.25, 0.3) is 22.1 Å². The number of ether oxygens (including phenoxy) is 5. The van der Waals surface area contributed by atoms with Crippen molar-refractivity contribution in [1.82, 2.24) is 45.4 Å². The van der Waals surface area contributed by atoms with Gasteiger partial charge in [-0.15, -0.1) is 0 Å². The molecule has 3 aromatic carbocycles. The predicted octanol–water partition coefficient (Wildman–Crippen LogP) is 7.08. The lowest BCUT2D eigenvalue weighted by Gasteiger charge is -2.63. The van der Waals surface area contributed by atoms with Gasteiger partial charge in [0.05, 0.1) is 69.5 Å². The van der Waals surface area contributed by atoms with Crippen LogP contribution in [0.5, 0.6) is 5.75 Å². The van der Waals surface area contributed by atoms with Gasteiger partial charge in [-0.25, -0.2) is 19.7 Å². The fraction of sp³-hybridized carbons (Fsp3) is 0.568. The highest BCUT2D eigenvalue weighted by molar-refractivity contribution is 8.76. The van der Waals surface area contributed by atoms with Gasteiger partial charge >= 0.3 is 18.1 Å². The lowest BCUT2D eigenvalue weighted by Crippen LogP contribution is -2.80. The summed E-state index contributed by atoms with van der Waals surface area (Å²) in [5, 5.41) is 45.4. The van der Waals surface area contributed by atoms with E-state index in [9.17, 15) is 53.7 Å². The number of carbonyl (C=O) groups excluding carboxylic acids is 9. The molecule has 12 rings (SSSR count). The number of guanidine groups is 1. The van der Waals surface area contributed by atoms with Crippen molar-refractivity contribution in [1.29, 1.82) is 0 Å². The molecule has 14 atom stereocenters. The number of aliphatic imine (C=N–C) groups is 1. The van der Waals surface area contributed by atoms with Gasteiger partial charge in [0, 0.05) is 146 Å². The smallest absolute Gasteiger partial charge is 0.496 e. The van der Waals surface area contributed by atoms with E-state index in [-0.39, 0.29) is 118 Å². The number of amides is 2. The summed E-state index contributed by atoms with van der Waals surface area (Å²) in [7, 11) is 8.89. The maximum absolute atomic E-state index is 15.6. The van der Waals surface area contributed by atoms with Gasteiger partial charge in [-0.05, 0) is 146 Å². The van der Waals surface area contributed by atoms with Crippen molar-refractivity contribution in [3.8, 4) is 5.75 Å². The van der Waals surface area contributed by atoms with Crippen molar-refractivity contribution in [2.24, 2.45) is 39.6 Å². The largest absolute Gasteiger partial charge is 0.508 e. The number of Topliss-reactive ketones (excluding diaryl/α,β-unsaturated/α-hetero) is 4. The number of benzene rings is 3. The molecule has 8 heterocycles. The standard InChI is InChI=1S/C88H115N13O18S2/c1-10-84(113)46-55-47-87(81(111)117-9,73-61(31-36-100(49-55)50-84)60-19-12-13-20-64(60)98-73)63-44-62-65(45-69(63)115-7)99(6)79-86(62)33-37-101-35-17-32-85(11-2,78(86)101)80(110)88(79,114)70(105)22-15-38-118-83(112)119-39-41-121-120-40-16-21-66(102)51(3)94-75(107)57(18-14-34-91-82(89)90)42-67(103)52(4)93-71(106)30-28-58(77(109)116-8)43-68(104)56-26-23-54(24-27-56)25-29-59-48-92-74-72(97-59)76(108)96-53(5)95-74/h12-13,17,19-20,23-24,26-27,32,44-45,48,51-52,55,57-58,78-80,98,110,113-114H,10-11,14-16,18,21-22,25,28-31,33-43,46-47,49-50H2,1-9H3,(H,93,106)(H,94,107)(H4,89,90,91)(H,92,95,96,108)/t51-,52-,55+,57+,58+,78-,79+,80+,84-,85+,86+,87-,88-/m0/s1. The number of aromatic amines is 2. The first-order valence-corrected chi connectivity index (χ1v) is 44.5. The second-order valence-corrected chi connectivity index (χ2v) is 36.1. The first-order chi connectivity index (χ1) is 57.9. The molecule has 3 fully saturated rings. The molecule has 11 N–H and O–H groups in total. The lowest BCUT2D eigenvalue weighted by atomic mass is 9.47. The summed E-state index contributed by atoms with van der Waals surface area (Å²) in [6.45, 7) is 11.6. The fourth-order valence-electron chi connectivity index (χ4n) is 20.0. The number of carbonyl (C=O) groups is 9. The van der Waals surface area contributed by atoms with Crippen molar-refractivity contribution in [3.05, 3.63) is 134 Å². The number of fused-ring (bicyclic) bond motifs is 7. The SMILES string of the molecule is CC[C@]1(O)C[C@H]2CN(CCc3c([nH]c4ccccc34)[C@@](C(=O)OC)(c3cc4c(cc3OC)N(C)[C@H]3[C@@](O)(C(=O)CCCOC(=O)OCCSSCCCC(=O)[C@H](C)NC(=O)[C@H](CCCN=C(N)N)CC(=O)[C@H](C)NC(=O)CC[C@H](CC(=O)c5ccc(CCc6cnc7nc(C)[nH]c(=O)c7n6)cc5)C(=O)OC)[C@H](O)[C@]5(CC)C=CCN6CC[C@]43[C@@H]65)C2)C1. The number of hydrogen-bond donors (Lipinski definition) is 9. The van der Waals surface area contributed by atoms with Gasteiger partial charge in [0.2, 0.25) is 11.8 Å². The Bertz CT molecular complexity index is 4980. The van der Waals surface area contributed by atoms with E-state index >= 15 is 9.59 Å². The summed E-state index contributed by atoms with van der Waals surface area (Å²) >= 11 is 0. The molecule has 121 heavy (non-hydrogen) atoms. The molecular weight excluding hydrogens is 1590 g/mol. The number of aryl methyl sites for hydroxylation is 3. The summed E-state index contributed by atoms with van der Waals surface area (Å²) in [6, 6.07) is 15.5. The molecule has 2 bridgehead atoms. The minimum atomic E-state index is -2.38. The lowest BCUT2D eigenvalue weighted by molar-refractivity contribution is -0.202. The highest BCUT2D eigenvalue weighted by atomic mass is 33.1. The maximum Gasteiger partial charge on any atom is 0.508 e. The van der Waals surface area contributed by atoms with Crippen LogP contribution in [0, 0.1) is 30.1 Å². The Kier molecular flexibility index (Phi) is 29.1. The van der Waals surface area contributed by atoms with E-state index in [1.54, 1.807) is 51.4 Å². The molecule has 0 radical (unpaired) electrons. The number of ketones is 4. The van der Waals surface area contributed by atoms with E-state index in [0.29, 0.717) is 142 Å². The van der Waals surface area contributed by atoms with Gasteiger partial charge in [0.1, 0.15) is 29.7 Å². The first-order valence-electron chi connectivity index (χ1n) is 42.0. The molecule has 1 saturated carbocycles. The topological polar surface area (TPSA) is 446 Å². The molecule has 1 aliphatic carbocycles. The van der Waals surface area contributed by atoms with Crippen molar-refractivity contribution in [2.75, 3.05) is 97.3 Å². The summed E-state index contributed by atoms with van der Waals surface area (Å²) in [5.41, 5.74) is 10.5. The Labute approximate surface area is 711 Å². The van der Waals surface area contributed by atoms with Gasteiger partial charge in [-0.2, -0.15) is 0 Å². The minimum Gasteiger partial charge on any atom is -0.496 e. The molecule has 3 aromatic heterocycles. The number of para-hydroxylation sites is 1. The van der Waals surface area contributed by atoms with Crippen molar-refractivity contribution >= 4 is 108 Å². The fourth-order valence-corrected chi connectivity index (χ4v) is 22.0. The number of nitrogens with one attached hydrogen (secondary N) is 4. The molecule has 33 heteroatoms. The van der Waals surface area contributed by atoms with Gasteiger partial charge in [0.15, 0.2) is 45.9 Å². The molecular formula is C88H115N13O18S2. The number of H-pyrrole nitrogens is 2. The van der Waals surface area contributed by atoms with Crippen LogP contribution >= 0.6 is 21.6 Å². The van der Waals surface area contributed by atoms with Gasteiger partial charge in [0.25, 0.3) is 5.56 Å². The maximum atomic E-state index is 15.6. The van der Waals surface area contributed by atoms with Gasteiger partial charge in [-0.1, -0.05) is 90.1 Å². The van der Waals surface area contributed by atoms with Crippen molar-refractivity contribution in [3.63, 3.8) is 0 Å². The number of likely N-dealkylation sites (N-methyl/N-ethyl adjacent to an activating group) is 1. The summed E-state index contributed by atoms with van der Waals surface area (Å²) in [5.74, 6) is -4.43.